The van der Waals surface area contributed by atoms with Gasteiger partial charge in [0.2, 0.25) is 15.9 Å². The number of hydrogen-bond acceptors (Lipinski definition) is 6. The van der Waals surface area contributed by atoms with E-state index in [4.69, 9.17) is 10.1 Å². The average molecular weight is 473 g/mol. The van der Waals surface area contributed by atoms with Crippen LogP contribution in [-0.2, 0) is 27.8 Å². The molecule has 1 aliphatic rings. The Labute approximate surface area is 190 Å². The Balaban J connectivity index is 1.65. The van der Waals surface area contributed by atoms with Crippen LogP contribution < -0.4 is 16.0 Å². The molecule has 0 aliphatic carbocycles. The molecule has 8 nitrogen and oxygen atoms in total. The first kappa shape index (κ1) is 22.5. The van der Waals surface area contributed by atoms with Gasteiger partial charge in [0, 0.05) is 13.1 Å². The van der Waals surface area contributed by atoms with Crippen molar-refractivity contribution in [1.82, 2.24) is 14.9 Å². The van der Waals surface area contributed by atoms with Crippen molar-refractivity contribution in [2.45, 2.75) is 47.5 Å². The van der Waals surface area contributed by atoms with E-state index in [-0.39, 0.29) is 21.6 Å². The molecular formula is C22H24N4O4S2. The van der Waals surface area contributed by atoms with Crippen LogP contribution in [0.1, 0.15) is 24.8 Å². The molecule has 168 valence electrons. The monoisotopic (exact) mass is 472 g/mol. The van der Waals surface area contributed by atoms with Crippen molar-refractivity contribution >= 4 is 38.6 Å². The van der Waals surface area contributed by atoms with Crippen molar-refractivity contribution in [3.05, 3.63) is 64.4 Å². The predicted octanol–water partition coefficient (Wildman–Crippen LogP) is 2.05. The number of fused-ring (bicyclic) bond motifs is 1. The van der Waals surface area contributed by atoms with Crippen LogP contribution in [0.15, 0.2) is 63.4 Å². The zero-order chi connectivity index (χ0) is 22.7. The van der Waals surface area contributed by atoms with E-state index in [1.165, 1.54) is 23.9 Å². The van der Waals surface area contributed by atoms with E-state index in [0.717, 1.165) is 24.8 Å². The Morgan fingerprint density at radius 3 is 2.59 bits per heavy atom. The lowest BCUT2D eigenvalue weighted by atomic mass is 10.1. The lowest BCUT2D eigenvalue weighted by molar-refractivity contribution is -0.120. The summed E-state index contributed by atoms with van der Waals surface area (Å²) in [6.45, 7) is 1.02. The number of benzene rings is 2. The number of thioether (sulfide) groups is 1. The summed E-state index contributed by atoms with van der Waals surface area (Å²) in [5.74, 6) is -0.0277. The maximum atomic E-state index is 13.3. The van der Waals surface area contributed by atoms with Crippen molar-refractivity contribution in [3.63, 3.8) is 0 Å². The van der Waals surface area contributed by atoms with E-state index < -0.39 is 10.0 Å². The second-order valence-corrected chi connectivity index (χ2v) is 10.4. The fourth-order valence-corrected chi connectivity index (χ4v) is 5.37. The van der Waals surface area contributed by atoms with E-state index in [0.29, 0.717) is 35.6 Å². The third-order valence-corrected chi connectivity index (χ3v) is 7.62. The molecule has 0 radical (unpaired) electrons. The molecule has 3 aromatic rings. The molecule has 0 spiro atoms. The maximum absolute atomic E-state index is 13.3. The fourth-order valence-electron chi connectivity index (χ4n) is 3.67. The van der Waals surface area contributed by atoms with E-state index in [1.54, 1.807) is 34.9 Å². The SMILES string of the molecule is NS(=O)(=O)c1ccc(CCn2c(S[C@H]3CCCCNC3=O)nc3ccccc3c2=O)cc1. The minimum atomic E-state index is -3.76. The molecular weight excluding hydrogens is 448 g/mol. The number of nitrogens with one attached hydrogen (secondary N) is 1. The zero-order valence-electron chi connectivity index (χ0n) is 17.4. The highest BCUT2D eigenvalue weighted by Crippen LogP contribution is 2.27. The predicted molar refractivity (Wildman–Crippen MR) is 124 cm³/mol. The fraction of sp³-hybridized carbons (Fsp3) is 0.318. The van der Waals surface area contributed by atoms with Gasteiger partial charge in [0.05, 0.1) is 21.0 Å². The van der Waals surface area contributed by atoms with Gasteiger partial charge < -0.3 is 5.32 Å². The van der Waals surface area contributed by atoms with E-state index in [1.807, 2.05) is 6.07 Å². The Hall–Kier alpha value is -2.69. The second kappa shape index (κ2) is 9.43. The normalized spacial score (nSPS) is 17.2. The highest BCUT2D eigenvalue weighted by atomic mass is 32.2. The third kappa shape index (κ3) is 5.03. The molecule has 1 amide bonds. The highest BCUT2D eigenvalue weighted by molar-refractivity contribution is 8.00. The number of amides is 1. The number of hydrogen-bond donors (Lipinski definition) is 2. The van der Waals surface area contributed by atoms with Gasteiger partial charge in [0.25, 0.3) is 5.56 Å². The molecule has 1 aliphatic heterocycles. The smallest absolute Gasteiger partial charge is 0.262 e. The molecule has 4 rings (SSSR count). The second-order valence-electron chi connectivity index (χ2n) is 7.70. The number of carbonyl (C=O) groups is 1. The summed E-state index contributed by atoms with van der Waals surface area (Å²) in [5, 5.41) is 8.82. The topological polar surface area (TPSA) is 124 Å². The number of aryl methyl sites for hydroxylation is 1. The molecule has 2 aromatic carbocycles. The Morgan fingerprint density at radius 2 is 1.84 bits per heavy atom. The number of nitrogens with zero attached hydrogens (tertiary/aromatic N) is 2. The third-order valence-electron chi connectivity index (χ3n) is 5.44. The molecule has 32 heavy (non-hydrogen) atoms. The maximum Gasteiger partial charge on any atom is 0.262 e. The Bertz CT molecular complexity index is 1300. The Morgan fingerprint density at radius 1 is 1.09 bits per heavy atom. The van der Waals surface area contributed by atoms with E-state index >= 15 is 0 Å². The first-order chi connectivity index (χ1) is 15.3. The molecule has 3 N–H and O–H groups in total. The van der Waals surface area contributed by atoms with Crippen LogP contribution in [0, 0.1) is 0 Å². The van der Waals surface area contributed by atoms with Crippen LogP contribution >= 0.6 is 11.8 Å². The van der Waals surface area contributed by atoms with Gasteiger partial charge in [-0.15, -0.1) is 0 Å². The standard InChI is InChI=1S/C22H24N4O4S2/c23-32(29,30)16-10-8-15(9-11-16)12-14-26-21(28)17-5-1-2-6-18(17)25-22(26)31-19-7-3-4-13-24-20(19)27/h1-2,5-6,8-11,19H,3-4,7,12-14H2,(H,24,27)(H2,23,29,30)/t19-/m0/s1. The van der Waals surface area contributed by atoms with Gasteiger partial charge in [0.1, 0.15) is 0 Å². The highest BCUT2D eigenvalue weighted by Gasteiger charge is 2.24. The number of rotatable bonds is 6. The summed E-state index contributed by atoms with van der Waals surface area (Å²) in [6, 6.07) is 13.5. The first-order valence-corrected chi connectivity index (χ1v) is 12.8. The number of nitrogens with two attached hydrogens (primary N) is 1. The summed E-state index contributed by atoms with van der Waals surface area (Å²) in [6.07, 6.45) is 3.10. The van der Waals surface area contributed by atoms with E-state index in [2.05, 4.69) is 5.32 Å². The van der Waals surface area contributed by atoms with E-state index in [9.17, 15) is 18.0 Å². The molecule has 10 heteroatoms. The van der Waals surface area contributed by atoms with Crippen LogP contribution in [0.3, 0.4) is 0 Å². The summed E-state index contributed by atoms with van der Waals surface area (Å²) in [7, 11) is -3.76. The van der Waals surface area contributed by atoms with Crippen LogP contribution in [-0.4, -0.2) is 35.7 Å². The number of primary sulfonamides is 1. The molecule has 1 fully saturated rings. The number of aromatic nitrogens is 2. The van der Waals surface area contributed by atoms with Crippen molar-refractivity contribution in [2.24, 2.45) is 5.14 Å². The first-order valence-electron chi connectivity index (χ1n) is 10.4. The molecule has 0 unspecified atom stereocenters. The van der Waals surface area contributed by atoms with Crippen LogP contribution in [0.4, 0.5) is 0 Å². The summed E-state index contributed by atoms with van der Waals surface area (Å²) in [4.78, 5) is 30.5. The van der Waals surface area contributed by atoms with Crippen molar-refractivity contribution in [2.75, 3.05) is 6.54 Å². The van der Waals surface area contributed by atoms with Gasteiger partial charge in [-0.3, -0.25) is 14.2 Å². The lowest BCUT2D eigenvalue weighted by Crippen LogP contribution is -2.32. The van der Waals surface area contributed by atoms with Gasteiger partial charge in [-0.25, -0.2) is 18.5 Å². The van der Waals surface area contributed by atoms with Gasteiger partial charge in [-0.1, -0.05) is 42.4 Å². The minimum Gasteiger partial charge on any atom is -0.355 e. The summed E-state index contributed by atoms with van der Waals surface area (Å²) < 4.78 is 24.5. The summed E-state index contributed by atoms with van der Waals surface area (Å²) >= 11 is 1.33. The van der Waals surface area contributed by atoms with Crippen LogP contribution in [0.2, 0.25) is 0 Å². The quantitative estimate of drug-likeness (QED) is 0.529. The summed E-state index contributed by atoms with van der Waals surface area (Å²) in [5.41, 5.74) is 1.30. The average Bonchev–Trinajstić information content (AvgIpc) is 2.97. The van der Waals surface area contributed by atoms with Crippen LogP contribution in [0.5, 0.6) is 0 Å². The molecule has 0 saturated carbocycles. The zero-order valence-corrected chi connectivity index (χ0v) is 19.0. The molecule has 1 aromatic heterocycles. The van der Waals surface area contributed by atoms with Crippen molar-refractivity contribution in [3.8, 4) is 0 Å². The molecule has 1 atom stereocenters. The Kier molecular flexibility index (Phi) is 6.63. The number of carbonyl (C=O) groups excluding carboxylic acids is 1. The molecule has 2 heterocycles. The molecule has 1 saturated heterocycles. The molecule has 0 bridgehead atoms. The van der Waals surface area contributed by atoms with Gasteiger partial charge in [-0.2, -0.15) is 0 Å². The largest absolute Gasteiger partial charge is 0.355 e. The van der Waals surface area contributed by atoms with Crippen LogP contribution in [0.25, 0.3) is 10.9 Å². The van der Waals surface area contributed by atoms with Crippen molar-refractivity contribution in [1.29, 1.82) is 0 Å². The minimum absolute atomic E-state index is 0.0277. The number of sulfonamides is 1. The van der Waals surface area contributed by atoms with Gasteiger partial charge in [-0.05, 0) is 49.1 Å². The van der Waals surface area contributed by atoms with Gasteiger partial charge >= 0.3 is 0 Å². The van der Waals surface area contributed by atoms with Crippen molar-refractivity contribution < 1.29 is 13.2 Å². The number of para-hydroxylation sites is 1. The lowest BCUT2D eigenvalue weighted by Gasteiger charge is -2.17. The van der Waals surface area contributed by atoms with Gasteiger partial charge in [0.15, 0.2) is 5.16 Å².